The average molecular weight is 286 g/mol. The summed E-state index contributed by atoms with van der Waals surface area (Å²) in [4.78, 5) is 11.6. The van der Waals surface area contributed by atoms with Crippen molar-refractivity contribution in [2.75, 3.05) is 26.4 Å². The van der Waals surface area contributed by atoms with Crippen molar-refractivity contribution in [3.8, 4) is 5.75 Å². The average Bonchev–Trinajstić information content (AvgIpc) is 2.83. The van der Waals surface area contributed by atoms with Crippen LogP contribution in [0.25, 0.3) is 0 Å². The molecular formula is C13H16ClNO4. The van der Waals surface area contributed by atoms with E-state index in [-0.39, 0.29) is 25.7 Å². The van der Waals surface area contributed by atoms with Gasteiger partial charge in [0.05, 0.1) is 11.6 Å². The monoisotopic (exact) mass is 285 g/mol. The second-order valence-corrected chi connectivity index (χ2v) is 4.93. The highest BCUT2D eigenvalue weighted by molar-refractivity contribution is 6.32. The van der Waals surface area contributed by atoms with E-state index >= 15 is 0 Å². The Hall–Kier alpha value is -1.30. The second kappa shape index (κ2) is 6.23. The molecule has 5 nitrogen and oxygen atoms in total. The lowest BCUT2D eigenvalue weighted by Crippen LogP contribution is -2.44. The zero-order valence-electron chi connectivity index (χ0n) is 10.4. The minimum Gasteiger partial charge on any atom is -0.482 e. The molecular weight excluding hydrogens is 270 g/mol. The Morgan fingerprint density at radius 3 is 3.00 bits per heavy atom. The van der Waals surface area contributed by atoms with Crippen molar-refractivity contribution in [1.29, 1.82) is 0 Å². The molecule has 1 atom stereocenters. The largest absolute Gasteiger partial charge is 0.482 e. The Morgan fingerprint density at radius 2 is 2.32 bits per heavy atom. The quantitative estimate of drug-likeness (QED) is 0.846. The molecule has 0 bridgehead atoms. The number of ether oxygens (including phenoxy) is 2. The van der Waals surface area contributed by atoms with Crippen LogP contribution >= 0.6 is 11.6 Å². The van der Waals surface area contributed by atoms with Gasteiger partial charge in [-0.3, -0.25) is 4.79 Å². The van der Waals surface area contributed by atoms with E-state index in [1.807, 2.05) is 0 Å². The highest BCUT2D eigenvalue weighted by Gasteiger charge is 2.32. The highest BCUT2D eigenvalue weighted by Crippen LogP contribution is 2.22. The summed E-state index contributed by atoms with van der Waals surface area (Å²) in [5, 5.41) is 13.0. The second-order valence-electron chi connectivity index (χ2n) is 4.52. The third-order valence-corrected chi connectivity index (χ3v) is 3.20. The van der Waals surface area contributed by atoms with Gasteiger partial charge in [0.15, 0.2) is 6.61 Å². The first-order valence-corrected chi connectivity index (χ1v) is 6.41. The van der Waals surface area contributed by atoms with Crippen LogP contribution in [0, 0.1) is 0 Å². The number of benzene rings is 1. The smallest absolute Gasteiger partial charge is 0.258 e. The van der Waals surface area contributed by atoms with Crippen molar-refractivity contribution in [1.82, 2.24) is 5.32 Å². The van der Waals surface area contributed by atoms with Gasteiger partial charge in [-0.25, -0.2) is 0 Å². The van der Waals surface area contributed by atoms with E-state index in [0.717, 1.165) is 0 Å². The zero-order chi connectivity index (χ0) is 13.7. The first-order valence-electron chi connectivity index (χ1n) is 6.03. The molecule has 19 heavy (non-hydrogen) atoms. The number of rotatable bonds is 5. The van der Waals surface area contributed by atoms with Gasteiger partial charge < -0.3 is 19.9 Å². The molecule has 6 heteroatoms. The van der Waals surface area contributed by atoms with Gasteiger partial charge in [-0.05, 0) is 12.1 Å². The van der Waals surface area contributed by atoms with E-state index in [1.165, 1.54) is 0 Å². The van der Waals surface area contributed by atoms with E-state index in [1.54, 1.807) is 24.3 Å². The van der Waals surface area contributed by atoms with Crippen LogP contribution in [0.1, 0.15) is 6.42 Å². The Kier molecular flexibility index (Phi) is 4.63. The van der Waals surface area contributed by atoms with Crippen molar-refractivity contribution in [2.45, 2.75) is 12.0 Å². The van der Waals surface area contributed by atoms with Crippen LogP contribution in [0.5, 0.6) is 5.75 Å². The van der Waals surface area contributed by atoms with Gasteiger partial charge >= 0.3 is 0 Å². The highest BCUT2D eigenvalue weighted by atomic mass is 35.5. The molecule has 0 radical (unpaired) electrons. The van der Waals surface area contributed by atoms with Crippen LogP contribution in [-0.2, 0) is 9.53 Å². The topological polar surface area (TPSA) is 67.8 Å². The lowest BCUT2D eigenvalue weighted by molar-refractivity contribution is -0.124. The van der Waals surface area contributed by atoms with Crippen LogP contribution in [0.2, 0.25) is 5.02 Å². The maximum absolute atomic E-state index is 11.6. The molecule has 1 amide bonds. The van der Waals surface area contributed by atoms with Gasteiger partial charge in [-0.1, -0.05) is 23.7 Å². The Bertz CT molecular complexity index is 446. The van der Waals surface area contributed by atoms with E-state index in [4.69, 9.17) is 21.1 Å². The summed E-state index contributed by atoms with van der Waals surface area (Å²) in [5.74, 6) is 0.155. The third-order valence-electron chi connectivity index (χ3n) is 2.89. The molecule has 0 saturated carbocycles. The normalized spacial score (nSPS) is 22.2. The van der Waals surface area contributed by atoms with E-state index < -0.39 is 5.60 Å². The molecule has 0 spiro atoms. The summed E-state index contributed by atoms with van der Waals surface area (Å²) >= 11 is 5.90. The van der Waals surface area contributed by atoms with Gasteiger partial charge in [-0.2, -0.15) is 0 Å². The number of aliphatic hydroxyl groups is 1. The third kappa shape index (κ3) is 4.09. The van der Waals surface area contributed by atoms with Gasteiger partial charge in [0, 0.05) is 19.6 Å². The Morgan fingerprint density at radius 1 is 1.53 bits per heavy atom. The van der Waals surface area contributed by atoms with E-state index in [2.05, 4.69) is 5.32 Å². The minimum absolute atomic E-state index is 0.138. The molecule has 1 aromatic carbocycles. The Labute approximate surface area is 116 Å². The predicted octanol–water partition coefficient (Wildman–Crippen LogP) is 0.986. The fourth-order valence-corrected chi connectivity index (χ4v) is 1.95. The summed E-state index contributed by atoms with van der Waals surface area (Å²) in [7, 11) is 0. The van der Waals surface area contributed by atoms with Crippen LogP contribution in [0.15, 0.2) is 24.3 Å². The van der Waals surface area contributed by atoms with Crippen molar-refractivity contribution in [2.24, 2.45) is 0 Å². The van der Waals surface area contributed by atoms with Crippen LogP contribution in [0.4, 0.5) is 0 Å². The van der Waals surface area contributed by atoms with E-state index in [0.29, 0.717) is 23.8 Å². The standard InChI is InChI=1S/C13H16ClNO4/c14-10-3-1-2-4-11(10)19-7-12(16)15-8-13(17)5-6-18-9-13/h1-4,17H,5-9H2,(H,15,16). The Balaban J connectivity index is 1.74. The maximum atomic E-state index is 11.6. The molecule has 1 fully saturated rings. The van der Waals surface area contributed by atoms with Crippen LogP contribution < -0.4 is 10.1 Å². The summed E-state index contributed by atoms with van der Waals surface area (Å²) < 4.78 is 10.4. The summed E-state index contributed by atoms with van der Waals surface area (Å²) in [6, 6.07) is 6.93. The number of amides is 1. The molecule has 2 rings (SSSR count). The number of hydrogen-bond donors (Lipinski definition) is 2. The van der Waals surface area contributed by atoms with Gasteiger partial charge in [0.25, 0.3) is 5.91 Å². The molecule has 0 aromatic heterocycles. The number of halogens is 1. The summed E-state index contributed by atoms with van der Waals surface area (Å²) in [5.41, 5.74) is -0.958. The zero-order valence-corrected chi connectivity index (χ0v) is 11.2. The number of carbonyl (C=O) groups is 1. The predicted molar refractivity (Wildman–Crippen MR) is 70.3 cm³/mol. The van der Waals surface area contributed by atoms with E-state index in [9.17, 15) is 9.90 Å². The number of hydrogen-bond acceptors (Lipinski definition) is 4. The van der Waals surface area contributed by atoms with Crippen molar-refractivity contribution in [3.05, 3.63) is 29.3 Å². The lowest BCUT2D eigenvalue weighted by atomic mass is 10.0. The molecule has 1 aliphatic heterocycles. The number of nitrogens with one attached hydrogen (secondary N) is 1. The minimum atomic E-state index is -0.958. The van der Waals surface area contributed by atoms with Crippen LogP contribution in [-0.4, -0.2) is 43.0 Å². The molecule has 104 valence electrons. The van der Waals surface area contributed by atoms with Gasteiger partial charge in [-0.15, -0.1) is 0 Å². The number of para-hydroxylation sites is 1. The molecule has 1 saturated heterocycles. The van der Waals surface area contributed by atoms with Crippen LogP contribution in [0.3, 0.4) is 0 Å². The fraction of sp³-hybridized carbons (Fsp3) is 0.462. The summed E-state index contributed by atoms with van der Waals surface area (Å²) in [6.07, 6.45) is 0.526. The molecule has 1 unspecified atom stereocenters. The fourth-order valence-electron chi connectivity index (χ4n) is 1.76. The van der Waals surface area contributed by atoms with Gasteiger partial charge in [0.1, 0.15) is 11.4 Å². The van der Waals surface area contributed by atoms with Gasteiger partial charge in [0.2, 0.25) is 0 Å². The lowest BCUT2D eigenvalue weighted by Gasteiger charge is -2.20. The first kappa shape index (κ1) is 14.1. The van der Waals surface area contributed by atoms with Crippen molar-refractivity contribution in [3.63, 3.8) is 0 Å². The molecule has 2 N–H and O–H groups in total. The number of carbonyl (C=O) groups excluding carboxylic acids is 1. The first-order chi connectivity index (χ1) is 9.09. The molecule has 1 aromatic rings. The molecule has 1 heterocycles. The van der Waals surface area contributed by atoms with Crippen molar-refractivity contribution < 1.29 is 19.4 Å². The molecule has 0 aliphatic carbocycles. The molecule has 1 aliphatic rings. The summed E-state index contributed by atoms with van der Waals surface area (Å²) in [6.45, 7) is 0.791. The van der Waals surface area contributed by atoms with Crippen molar-refractivity contribution >= 4 is 17.5 Å². The SMILES string of the molecule is O=C(COc1ccccc1Cl)NCC1(O)CCOC1. The maximum Gasteiger partial charge on any atom is 0.258 e.